The number of rotatable bonds is 9. The first-order valence-corrected chi connectivity index (χ1v) is 14.6. The summed E-state index contributed by atoms with van der Waals surface area (Å²) in [6.07, 6.45) is 5.25. The Labute approximate surface area is 231 Å². The Morgan fingerprint density at radius 2 is 1.40 bits per heavy atom. The molecule has 1 heterocycles. The summed E-state index contributed by atoms with van der Waals surface area (Å²) in [5.41, 5.74) is 2.65. The van der Waals surface area contributed by atoms with Gasteiger partial charge in [0.1, 0.15) is 0 Å². The Balaban J connectivity index is 1.55. The summed E-state index contributed by atoms with van der Waals surface area (Å²) in [7, 11) is -3.99. The molecule has 1 aliphatic carbocycles. The third-order valence-corrected chi connectivity index (χ3v) is 8.79. The SMILES string of the molecule is Cc1ccc(S(=O)(=O)N/N=C(/c2ccc([N+](=O)[O-])cc2)[C@@H]2[C@H](c3ccc([N+](=O)[O-])cc3)N2C2CCCCC2)cc1. The molecule has 0 amide bonds. The second-order valence-electron chi connectivity index (χ2n) is 10.2. The molecule has 1 N–H and O–H groups in total. The normalized spacial score (nSPS) is 21.5. The summed E-state index contributed by atoms with van der Waals surface area (Å²) in [4.78, 5) is 26.3. The Hall–Kier alpha value is -4.16. The maximum absolute atomic E-state index is 13.1. The van der Waals surface area contributed by atoms with Gasteiger partial charge in [0.05, 0.1) is 32.5 Å². The van der Waals surface area contributed by atoms with Crippen molar-refractivity contribution in [2.24, 2.45) is 5.10 Å². The van der Waals surface area contributed by atoms with Gasteiger partial charge in [-0.3, -0.25) is 25.1 Å². The van der Waals surface area contributed by atoms with Crippen molar-refractivity contribution in [2.45, 2.75) is 62.0 Å². The molecule has 0 aromatic heterocycles. The lowest BCUT2D eigenvalue weighted by Gasteiger charge is -2.24. The molecule has 11 nitrogen and oxygen atoms in total. The molecule has 3 atom stereocenters. The number of hydrogen-bond acceptors (Lipinski definition) is 8. The Bertz CT molecular complexity index is 1530. The first-order valence-electron chi connectivity index (χ1n) is 13.1. The Morgan fingerprint density at radius 1 is 0.850 bits per heavy atom. The molecular weight excluding hydrogens is 534 g/mol. The molecular formula is C28H29N5O6S. The van der Waals surface area contributed by atoms with Crippen molar-refractivity contribution < 1.29 is 18.3 Å². The van der Waals surface area contributed by atoms with E-state index in [1.807, 2.05) is 6.92 Å². The predicted octanol–water partition coefficient (Wildman–Crippen LogP) is 5.25. The molecule has 1 unspecified atom stereocenters. The highest BCUT2D eigenvalue weighted by molar-refractivity contribution is 7.89. The van der Waals surface area contributed by atoms with Crippen LogP contribution in [0.15, 0.2) is 82.8 Å². The molecule has 3 aromatic carbocycles. The Morgan fingerprint density at radius 3 is 1.95 bits per heavy atom. The van der Waals surface area contributed by atoms with Gasteiger partial charge >= 0.3 is 0 Å². The minimum absolute atomic E-state index is 0.0136. The van der Waals surface area contributed by atoms with Gasteiger partial charge in [-0.1, -0.05) is 49.1 Å². The average molecular weight is 564 g/mol. The van der Waals surface area contributed by atoms with Crippen LogP contribution in [0.3, 0.4) is 0 Å². The number of non-ortho nitro benzene ring substituents is 2. The fraction of sp³-hybridized carbons (Fsp3) is 0.321. The number of nitro groups is 2. The number of nitrogens with zero attached hydrogens (tertiary/aromatic N) is 4. The second kappa shape index (κ2) is 11.1. The molecule has 0 spiro atoms. The van der Waals surface area contributed by atoms with Gasteiger partial charge in [0.15, 0.2) is 0 Å². The van der Waals surface area contributed by atoms with Crippen molar-refractivity contribution in [1.82, 2.24) is 9.73 Å². The molecule has 208 valence electrons. The molecule has 5 rings (SSSR count). The highest BCUT2D eigenvalue weighted by Gasteiger charge is 2.55. The first-order chi connectivity index (χ1) is 19.2. The molecule has 1 aliphatic heterocycles. The van der Waals surface area contributed by atoms with Crippen LogP contribution in [0.1, 0.15) is 54.8 Å². The summed E-state index contributed by atoms with van der Waals surface area (Å²) < 4.78 is 26.2. The predicted molar refractivity (Wildman–Crippen MR) is 149 cm³/mol. The number of aryl methyl sites for hydroxylation is 1. The van der Waals surface area contributed by atoms with E-state index >= 15 is 0 Å². The lowest BCUT2D eigenvalue weighted by molar-refractivity contribution is -0.385. The molecule has 3 aromatic rings. The third-order valence-electron chi connectivity index (χ3n) is 7.57. The van der Waals surface area contributed by atoms with Gasteiger partial charge in [0.25, 0.3) is 21.4 Å². The van der Waals surface area contributed by atoms with E-state index in [4.69, 9.17) is 0 Å². The maximum Gasteiger partial charge on any atom is 0.276 e. The second-order valence-corrected chi connectivity index (χ2v) is 11.8. The number of hydrazone groups is 1. The molecule has 2 aliphatic rings. The molecule has 0 bridgehead atoms. The van der Waals surface area contributed by atoms with Crippen molar-refractivity contribution in [3.63, 3.8) is 0 Å². The van der Waals surface area contributed by atoms with Gasteiger partial charge in [0, 0.05) is 30.3 Å². The third kappa shape index (κ3) is 5.73. The van der Waals surface area contributed by atoms with Crippen LogP contribution in [0.5, 0.6) is 0 Å². The fourth-order valence-corrected chi connectivity index (χ4v) is 6.27. The van der Waals surface area contributed by atoms with Gasteiger partial charge in [-0.15, -0.1) is 0 Å². The van der Waals surface area contributed by atoms with Crippen molar-refractivity contribution in [1.29, 1.82) is 0 Å². The summed E-state index contributed by atoms with van der Waals surface area (Å²) in [6.45, 7) is 1.86. The summed E-state index contributed by atoms with van der Waals surface area (Å²) in [6, 6.07) is 18.4. The van der Waals surface area contributed by atoms with Crippen LogP contribution < -0.4 is 4.83 Å². The van der Waals surface area contributed by atoms with Crippen LogP contribution in [0.25, 0.3) is 0 Å². The van der Waals surface area contributed by atoms with E-state index < -0.39 is 19.9 Å². The van der Waals surface area contributed by atoms with Gasteiger partial charge in [-0.05, 0) is 55.2 Å². The topological polar surface area (TPSA) is 148 Å². The molecule has 1 saturated heterocycles. The highest BCUT2D eigenvalue weighted by atomic mass is 32.2. The van der Waals surface area contributed by atoms with E-state index in [2.05, 4.69) is 14.8 Å². The van der Waals surface area contributed by atoms with Gasteiger partial charge in [-0.25, -0.2) is 0 Å². The van der Waals surface area contributed by atoms with E-state index in [1.165, 1.54) is 36.4 Å². The monoisotopic (exact) mass is 563 g/mol. The summed E-state index contributed by atoms with van der Waals surface area (Å²) in [5.74, 6) is 0. The molecule has 40 heavy (non-hydrogen) atoms. The number of nitro benzene ring substituents is 2. The van der Waals surface area contributed by atoms with Gasteiger partial charge < -0.3 is 0 Å². The van der Waals surface area contributed by atoms with E-state index in [0.29, 0.717) is 11.3 Å². The first kappa shape index (κ1) is 27.4. The quantitative estimate of drug-likeness (QED) is 0.162. The lowest BCUT2D eigenvalue weighted by Crippen LogP contribution is -2.28. The van der Waals surface area contributed by atoms with Crippen molar-refractivity contribution in [3.8, 4) is 0 Å². The zero-order valence-electron chi connectivity index (χ0n) is 21.8. The van der Waals surface area contributed by atoms with Gasteiger partial charge in [0.2, 0.25) is 0 Å². The lowest BCUT2D eigenvalue weighted by atomic mass is 9.95. The zero-order chi connectivity index (χ0) is 28.4. The molecule has 2 fully saturated rings. The molecule has 1 saturated carbocycles. The van der Waals surface area contributed by atoms with Crippen LogP contribution in [0.2, 0.25) is 0 Å². The van der Waals surface area contributed by atoms with E-state index in [0.717, 1.165) is 43.2 Å². The van der Waals surface area contributed by atoms with Crippen LogP contribution in [-0.2, 0) is 10.0 Å². The average Bonchev–Trinajstić information content (AvgIpc) is 3.69. The van der Waals surface area contributed by atoms with Crippen LogP contribution in [0.4, 0.5) is 11.4 Å². The minimum atomic E-state index is -3.99. The van der Waals surface area contributed by atoms with E-state index in [-0.39, 0.29) is 34.4 Å². The number of nitrogens with one attached hydrogen (secondary N) is 1. The molecule has 0 radical (unpaired) electrons. The van der Waals surface area contributed by atoms with Crippen molar-refractivity contribution in [3.05, 3.63) is 110 Å². The minimum Gasteiger partial charge on any atom is -0.281 e. The number of hydrogen-bond donors (Lipinski definition) is 1. The summed E-state index contributed by atoms with van der Waals surface area (Å²) in [5, 5.41) is 26.9. The van der Waals surface area contributed by atoms with E-state index in [1.54, 1.807) is 36.4 Å². The van der Waals surface area contributed by atoms with Crippen molar-refractivity contribution in [2.75, 3.05) is 0 Å². The standard InChI is InChI=1S/C28H29N5O6S/c1-19-7-17-25(18-8-19)40(38,39)30-29-26(20-9-13-23(14-10-20)32(34)35)28-27(31(28)22-5-3-2-4-6-22)21-11-15-24(16-12-21)33(36)37/h7-18,22,27-28,30H,2-6H2,1H3/b29-26-/t27-,28+,31?/m0/s1. The maximum atomic E-state index is 13.1. The van der Waals surface area contributed by atoms with E-state index in [9.17, 15) is 28.6 Å². The highest BCUT2D eigenvalue weighted by Crippen LogP contribution is 2.49. The largest absolute Gasteiger partial charge is 0.281 e. The number of benzene rings is 3. The molecule has 12 heteroatoms. The van der Waals surface area contributed by atoms with Crippen LogP contribution >= 0.6 is 0 Å². The van der Waals surface area contributed by atoms with Crippen molar-refractivity contribution >= 4 is 27.1 Å². The summed E-state index contributed by atoms with van der Waals surface area (Å²) >= 11 is 0. The smallest absolute Gasteiger partial charge is 0.276 e. The van der Waals surface area contributed by atoms with Crippen LogP contribution in [-0.4, -0.2) is 41.0 Å². The Kier molecular flexibility index (Phi) is 7.63. The number of sulfonamides is 1. The van der Waals surface area contributed by atoms with Gasteiger partial charge in [-0.2, -0.15) is 18.4 Å². The zero-order valence-corrected chi connectivity index (χ0v) is 22.7. The fourth-order valence-electron chi connectivity index (χ4n) is 5.45. The van der Waals surface area contributed by atoms with Crippen LogP contribution in [0, 0.1) is 27.2 Å².